The molecule has 0 aromatic heterocycles. The molecule has 0 spiro atoms. The van der Waals surface area contributed by atoms with E-state index in [1.165, 1.54) is 6.07 Å². The maximum absolute atomic E-state index is 12.8. The van der Waals surface area contributed by atoms with Gasteiger partial charge in [-0.2, -0.15) is 13.2 Å². The SMILES string of the molecule is O=C1CCCN1CCNC(=S)Nc1ccc(Cl)c(C(F)(F)F)c1. The van der Waals surface area contributed by atoms with Gasteiger partial charge in [0, 0.05) is 31.7 Å². The van der Waals surface area contributed by atoms with Gasteiger partial charge in [0.25, 0.3) is 0 Å². The zero-order chi connectivity index (χ0) is 17.0. The number of thiocarbonyl (C=S) groups is 1. The van der Waals surface area contributed by atoms with Crippen LogP contribution in [0.5, 0.6) is 0 Å². The first kappa shape index (κ1) is 17.8. The normalized spacial score (nSPS) is 15.0. The van der Waals surface area contributed by atoms with Crippen LogP contribution in [0.15, 0.2) is 18.2 Å². The van der Waals surface area contributed by atoms with Crippen molar-refractivity contribution in [1.29, 1.82) is 0 Å². The number of carbonyl (C=O) groups excluding carboxylic acids is 1. The Kier molecular flexibility index (Phi) is 5.69. The number of amides is 1. The average Bonchev–Trinajstić information content (AvgIpc) is 2.85. The molecule has 1 fully saturated rings. The van der Waals surface area contributed by atoms with E-state index in [4.69, 9.17) is 23.8 Å². The number of halogens is 4. The summed E-state index contributed by atoms with van der Waals surface area (Å²) in [7, 11) is 0. The fourth-order valence-corrected chi connectivity index (χ4v) is 2.69. The highest BCUT2D eigenvalue weighted by atomic mass is 35.5. The second kappa shape index (κ2) is 7.35. The molecule has 1 amide bonds. The van der Waals surface area contributed by atoms with Gasteiger partial charge < -0.3 is 15.5 Å². The Morgan fingerprint density at radius 2 is 2.13 bits per heavy atom. The van der Waals surface area contributed by atoms with Gasteiger partial charge >= 0.3 is 6.18 Å². The summed E-state index contributed by atoms with van der Waals surface area (Å²) in [4.78, 5) is 13.2. The molecule has 2 N–H and O–H groups in total. The van der Waals surface area contributed by atoms with Crippen LogP contribution in [0.1, 0.15) is 18.4 Å². The molecule has 0 saturated carbocycles. The number of hydrogen-bond acceptors (Lipinski definition) is 2. The molecule has 4 nitrogen and oxygen atoms in total. The third kappa shape index (κ3) is 4.97. The predicted molar refractivity (Wildman–Crippen MR) is 86.5 cm³/mol. The van der Waals surface area contributed by atoms with E-state index in [-0.39, 0.29) is 21.7 Å². The fraction of sp³-hybridized carbons (Fsp3) is 0.429. The minimum atomic E-state index is -4.53. The molecule has 0 aliphatic carbocycles. The second-order valence-corrected chi connectivity index (χ2v) is 5.87. The first-order valence-electron chi connectivity index (χ1n) is 6.97. The number of rotatable bonds is 4. The van der Waals surface area contributed by atoms with Crippen LogP contribution in [-0.2, 0) is 11.0 Å². The van der Waals surface area contributed by atoms with Crippen molar-refractivity contribution < 1.29 is 18.0 Å². The fourth-order valence-electron chi connectivity index (χ4n) is 2.24. The number of hydrogen-bond donors (Lipinski definition) is 2. The highest BCUT2D eigenvalue weighted by Crippen LogP contribution is 2.36. The lowest BCUT2D eigenvalue weighted by Gasteiger charge is -2.17. The Balaban J connectivity index is 1.86. The van der Waals surface area contributed by atoms with Crippen molar-refractivity contribution in [3.63, 3.8) is 0 Å². The molecule has 1 aromatic carbocycles. The van der Waals surface area contributed by atoms with Gasteiger partial charge in [-0.15, -0.1) is 0 Å². The van der Waals surface area contributed by atoms with Crippen molar-refractivity contribution in [1.82, 2.24) is 10.2 Å². The van der Waals surface area contributed by atoms with Gasteiger partial charge in [0.1, 0.15) is 0 Å². The van der Waals surface area contributed by atoms with Crippen molar-refractivity contribution in [2.75, 3.05) is 25.0 Å². The van der Waals surface area contributed by atoms with Gasteiger partial charge in [-0.05, 0) is 36.8 Å². The minimum absolute atomic E-state index is 0.109. The van der Waals surface area contributed by atoms with Crippen LogP contribution in [0, 0.1) is 0 Å². The number of likely N-dealkylation sites (tertiary alicyclic amines) is 1. The van der Waals surface area contributed by atoms with Crippen LogP contribution in [-0.4, -0.2) is 35.6 Å². The molecular formula is C14H15ClF3N3OS. The molecular weight excluding hydrogens is 351 g/mol. The van der Waals surface area contributed by atoms with Crippen molar-refractivity contribution in [2.24, 2.45) is 0 Å². The van der Waals surface area contributed by atoms with Crippen LogP contribution < -0.4 is 10.6 Å². The van der Waals surface area contributed by atoms with Crippen molar-refractivity contribution in [3.8, 4) is 0 Å². The lowest BCUT2D eigenvalue weighted by Crippen LogP contribution is -2.37. The molecule has 1 aromatic rings. The van der Waals surface area contributed by atoms with E-state index in [1.54, 1.807) is 4.90 Å². The molecule has 23 heavy (non-hydrogen) atoms. The zero-order valence-corrected chi connectivity index (χ0v) is 13.6. The van der Waals surface area contributed by atoms with E-state index in [1.807, 2.05) is 0 Å². The van der Waals surface area contributed by atoms with Crippen molar-refractivity contribution in [2.45, 2.75) is 19.0 Å². The molecule has 2 rings (SSSR count). The standard InChI is InChI=1S/C14H15ClF3N3OS/c15-11-4-3-9(8-10(11)14(16,17)18)20-13(23)19-5-7-21-6-1-2-12(21)22/h3-4,8H,1-2,5-7H2,(H2,19,20,23). The first-order valence-corrected chi connectivity index (χ1v) is 7.75. The van der Waals surface area contributed by atoms with Gasteiger partial charge in [-0.25, -0.2) is 0 Å². The van der Waals surface area contributed by atoms with Crippen molar-refractivity contribution >= 4 is 40.5 Å². The summed E-state index contributed by atoms with van der Waals surface area (Å²) >= 11 is 10.6. The highest BCUT2D eigenvalue weighted by Gasteiger charge is 2.33. The molecule has 0 radical (unpaired) electrons. The van der Waals surface area contributed by atoms with Crippen LogP contribution in [0.4, 0.5) is 18.9 Å². The summed E-state index contributed by atoms with van der Waals surface area (Å²) in [5.41, 5.74) is -0.730. The lowest BCUT2D eigenvalue weighted by atomic mass is 10.2. The van der Waals surface area contributed by atoms with Gasteiger partial charge in [0.15, 0.2) is 5.11 Å². The Morgan fingerprint density at radius 1 is 1.39 bits per heavy atom. The van der Waals surface area contributed by atoms with E-state index in [2.05, 4.69) is 10.6 Å². The number of carbonyl (C=O) groups is 1. The summed E-state index contributed by atoms with van der Waals surface area (Å²) in [6, 6.07) is 3.48. The Labute approximate surface area is 142 Å². The number of benzene rings is 1. The minimum Gasteiger partial charge on any atom is -0.361 e. The molecule has 1 aliphatic heterocycles. The van der Waals surface area contributed by atoms with Crippen LogP contribution >= 0.6 is 23.8 Å². The number of nitrogens with one attached hydrogen (secondary N) is 2. The Morgan fingerprint density at radius 3 is 2.74 bits per heavy atom. The maximum Gasteiger partial charge on any atom is 0.417 e. The van der Waals surface area contributed by atoms with Crippen LogP contribution in [0.2, 0.25) is 5.02 Å². The third-order valence-corrected chi connectivity index (χ3v) is 3.94. The quantitative estimate of drug-likeness (QED) is 0.804. The van der Waals surface area contributed by atoms with E-state index in [0.29, 0.717) is 19.5 Å². The molecule has 1 aliphatic rings. The smallest absolute Gasteiger partial charge is 0.361 e. The molecule has 1 saturated heterocycles. The van der Waals surface area contributed by atoms with Crippen LogP contribution in [0.3, 0.4) is 0 Å². The number of anilines is 1. The van der Waals surface area contributed by atoms with Gasteiger partial charge in [0.05, 0.1) is 10.6 Å². The second-order valence-electron chi connectivity index (χ2n) is 5.06. The van der Waals surface area contributed by atoms with E-state index >= 15 is 0 Å². The summed E-state index contributed by atoms with van der Waals surface area (Å²) in [6.45, 7) is 1.67. The summed E-state index contributed by atoms with van der Waals surface area (Å²) in [5, 5.41) is 5.36. The van der Waals surface area contributed by atoms with Gasteiger partial charge in [-0.1, -0.05) is 11.6 Å². The summed E-state index contributed by atoms with van der Waals surface area (Å²) < 4.78 is 38.3. The van der Waals surface area contributed by atoms with E-state index in [9.17, 15) is 18.0 Å². The lowest BCUT2D eigenvalue weighted by molar-refractivity contribution is -0.137. The summed E-state index contributed by atoms with van der Waals surface area (Å²) in [6.07, 6.45) is -3.11. The van der Waals surface area contributed by atoms with E-state index in [0.717, 1.165) is 25.1 Å². The third-order valence-electron chi connectivity index (χ3n) is 3.37. The van der Waals surface area contributed by atoms with E-state index < -0.39 is 11.7 Å². The molecule has 0 bridgehead atoms. The largest absolute Gasteiger partial charge is 0.417 e. The molecule has 9 heteroatoms. The average molecular weight is 366 g/mol. The van der Waals surface area contributed by atoms with Crippen molar-refractivity contribution in [3.05, 3.63) is 28.8 Å². The van der Waals surface area contributed by atoms with Gasteiger partial charge in [-0.3, -0.25) is 4.79 Å². The predicted octanol–water partition coefficient (Wildman–Crippen LogP) is 3.27. The molecule has 1 heterocycles. The maximum atomic E-state index is 12.8. The Bertz CT molecular complexity index is 609. The molecule has 126 valence electrons. The first-order chi connectivity index (χ1) is 10.8. The Hall–Kier alpha value is -1.54. The summed E-state index contributed by atoms with van der Waals surface area (Å²) in [5.74, 6) is 0.109. The van der Waals surface area contributed by atoms with Crippen LogP contribution in [0.25, 0.3) is 0 Å². The number of nitrogens with zero attached hydrogens (tertiary/aromatic N) is 1. The highest BCUT2D eigenvalue weighted by molar-refractivity contribution is 7.80. The van der Waals surface area contributed by atoms with Gasteiger partial charge in [0.2, 0.25) is 5.91 Å². The zero-order valence-electron chi connectivity index (χ0n) is 12.0. The number of alkyl halides is 3. The molecule has 0 unspecified atom stereocenters. The topological polar surface area (TPSA) is 44.4 Å². The molecule has 0 atom stereocenters. The monoisotopic (exact) mass is 365 g/mol.